The van der Waals surface area contributed by atoms with Crippen molar-refractivity contribution in [3.63, 3.8) is 0 Å². The number of nitrogens with one attached hydrogen (secondary N) is 1. The van der Waals surface area contributed by atoms with Gasteiger partial charge in [-0.15, -0.1) is 0 Å². The van der Waals surface area contributed by atoms with Crippen molar-refractivity contribution in [3.05, 3.63) is 70.7 Å². The molecule has 0 heterocycles. The predicted octanol–water partition coefficient (Wildman–Crippen LogP) is 4.61. The van der Waals surface area contributed by atoms with E-state index in [-0.39, 0.29) is 12.5 Å². The van der Waals surface area contributed by atoms with Crippen molar-refractivity contribution in [2.24, 2.45) is 0 Å². The van der Waals surface area contributed by atoms with Crippen LogP contribution in [0.15, 0.2) is 54.6 Å². The van der Waals surface area contributed by atoms with E-state index in [4.69, 9.17) is 16.3 Å². The summed E-state index contributed by atoms with van der Waals surface area (Å²) in [6.45, 7) is -0.0371. The summed E-state index contributed by atoms with van der Waals surface area (Å²) < 4.78 is 5.50. The normalized spacial score (nSPS) is 12.4. The second-order valence-corrected chi connectivity index (χ2v) is 6.34. The van der Waals surface area contributed by atoms with Gasteiger partial charge in [0.15, 0.2) is 6.61 Å². The Morgan fingerprint density at radius 1 is 1.00 bits per heavy atom. The van der Waals surface area contributed by atoms with Gasteiger partial charge in [0.2, 0.25) is 0 Å². The number of ether oxygens (including phenoxy) is 1. The first-order valence-electron chi connectivity index (χ1n) is 7.92. The lowest BCUT2D eigenvalue weighted by Crippen LogP contribution is -2.20. The molecule has 0 radical (unpaired) electrons. The highest BCUT2D eigenvalue weighted by Crippen LogP contribution is 2.34. The van der Waals surface area contributed by atoms with Crippen molar-refractivity contribution in [2.75, 3.05) is 11.9 Å². The number of rotatable bonds is 4. The number of carbonyl (C=O) groups is 1. The topological polar surface area (TPSA) is 38.3 Å². The predicted molar refractivity (Wildman–Crippen MR) is 96.9 cm³/mol. The van der Waals surface area contributed by atoms with Gasteiger partial charge in [-0.1, -0.05) is 35.9 Å². The SMILES string of the molecule is O=C(COc1ccc(Cl)cc1)Nc1ccc2c3c(cccc13)CC2. The third-order valence-electron chi connectivity index (χ3n) is 4.33. The van der Waals surface area contributed by atoms with Gasteiger partial charge < -0.3 is 10.1 Å². The summed E-state index contributed by atoms with van der Waals surface area (Å²) in [6, 6.07) is 17.3. The molecule has 1 aliphatic carbocycles. The van der Waals surface area contributed by atoms with Crippen molar-refractivity contribution in [2.45, 2.75) is 12.8 Å². The third kappa shape index (κ3) is 2.83. The number of carbonyl (C=O) groups excluding carboxylic acids is 1. The maximum Gasteiger partial charge on any atom is 0.262 e. The molecular formula is C20H16ClNO2. The highest BCUT2D eigenvalue weighted by atomic mass is 35.5. The van der Waals surface area contributed by atoms with Crippen LogP contribution in [0.25, 0.3) is 10.8 Å². The van der Waals surface area contributed by atoms with Gasteiger partial charge in [-0.2, -0.15) is 0 Å². The van der Waals surface area contributed by atoms with Crippen LogP contribution in [-0.4, -0.2) is 12.5 Å². The van der Waals surface area contributed by atoms with Crippen LogP contribution in [0.2, 0.25) is 5.02 Å². The van der Waals surface area contributed by atoms with Crippen LogP contribution in [0.3, 0.4) is 0 Å². The molecule has 0 unspecified atom stereocenters. The van der Waals surface area contributed by atoms with Crippen molar-refractivity contribution >= 4 is 34.0 Å². The van der Waals surface area contributed by atoms with Crippen molar-refractivity contribution in [3.8, 4) is 5.75 Å². The minimum Gasteiger partial charge on any atom is -0.484 e. The summed E-state index contributed by atoms with van der Waals surface area (Å²) in [4.78, 5) is 12.2. The standard InChI is InChI=1S/C20H16ClNO2/c21-15-7-9-16(10-8-15)24-12-19(23)22-18-11-6-14-5-4-13-2-1-3-17(18)20(13)14/h1-3,6-11H,4-5,12H2,(H,22,23). The summed E-state index contributed by atoms with van der Waals surface area (Å²) >= 11 is 5.83. The van der Waals surface area contributed by atoms with Crippen LogP contribution >= 0.6 is 11.6 Å². The summed E-state index contributed by atoms with van der Waals surface area (Å²) in [5, 5.41) is 5.98. The highest BCUT2D eigenvalue weighted by Gasteiger charge is 2.16. The van der Waals surface area contributed by atoms with Gasteiger partial charge in [0, 0.05) is 16.1 Å². The van der Waals surface area contributed by atoms with Crippen LogP contribution in [0.1, 0.15) is 11.1 Å². The zero-order valence-corrected chi connectivity index (χ0v) is 13.8. The lowest BCUT2D eigenvalue weighted by atomic mass is 10.0. The molecule has 3 nitrogen and oxygen atoms in total. The van der Waals surface area contributed by atoms with Gasteiger partial charge in [-0.25, -0.2) is 0 Å². The number of halogens is 1. The number of amides is 1. The van der Waals surface area contributed by atoms with Gasteiger partial charge in [-0.05, 0) is 59.7 Å². The highest BCUT2D eigenvalue weighted by molar-refractivity contribution is 6.30. The van der Waals surface area contributed by atoms with E-state index in [1.54, 1.807) is 24.3 Å². The van der Waals surface area contributed by atoms with Crippen LogP contribution < -0.4 is 10.1 Å². The van der Waals surface area contributed by atoms with Crippen LogP contribution in [0, 0.1) is 0 Å². The molecular weight excluding hydrogens is 322 g/mol. The monoisotopic (exact) mass is 337 g/mol. The Hall–Kier alpha value is -2.52. The Bertz CT molecular complexity index is 909. The average molecular weight is 338 g/mol. The first-order valence-corrected chi connectivity index (χ1v) is 8.30. The van der Waals surface area contributed by atoms with E-state index in [9.17, 15) is 4.79 Å². The maximum atomic E-state index is 12.2. The van der Waals surface area contributed by atoms with Crippen molar-refractivity contribution < 1.29 is 9.53 Å². The summed E-state index contributed by atoms with van der Waals surface area (Å²) in [5.74, 6) is 0.443. The van der Waals surface area contributed by atoms with Crippen molar-refractivity contribution in [1.82, 2.24) is 0 Å². The fraction of sp³-hybridized carbons (Fsp3) is 0.150. The summed E-state index contributed by atoms with van der Waals surface area (Å²) in [7, 11) is 0. The van der Waals surface area contributed by atoms with E-state index < -0.39 is 0 Å². The van der Waals surface area contributed by atoms with E-state index in [0.717, 1.165) is 23.9 Å². The van der Waals surface area contributed by atoms with Crippen LogP contribution in [0.5, 0.6) is 5.75 Å². The van der Waals surface area contributed by atoms with Gasteiger partial charge in [0.25, 0.3) is 5.91 Å². The molecule has 1 aliphatic rings. The van der Waals surface area contributed by atoms with Crippen LogP contribution in [-0.2, 0) is 17.6 Å². The number of anilines is 1. The molecule has 0 saturated carbocycles. The largest absolute Gasteiger partial charge is 0.484 e. The Balaban J connectivity index is 1.50. The molecule has 1 amide bonds. The Labute approximate surface area is 145 Å². The van der Waals surface area contributed by atoms with Gasteiger partial charge >= 0.3 is 0 Å². The number of hydrogen-bond acceptors (Lipinski definition) is 2. The fourth-order valence-corrected chi connectivity index (χ4v) is 3.35. The third-order valence-corrected chi connectivity index (χ3v) is 4.59. The number of aryl methyl sites for hydroxylation is 2. The molecule has 24 heavy (non-hydrogen) atoms. The van der Waals surface area contributed by atoms with Crippen molar-refractivity contribution in [1.29, 1.82) is 0 Å². The number of hydrogen-bond donors (Lipinski definition) is 1. The van der Waals surface area contributed by atoms with E-state index in [1.165, 1.54) is 16.5 Å². The lowest BCUT2D eigenvalue weighted by molar-refractivity contribution is -0.118. The fourth-order valence-electron chi connectivity index (χ4n) is 3.22. The zero-order valence-electron chi connectivity index (χ0n) is 13.0. The van der Waals surface area contributed by atoms with E-state index in [0.29, 0.717) is 10.8 Å². The first kappa shape index (κ1) is 15.0. The van der Waals surface area contributed by atoms with E-state index in [1.807, 2.05) is 12.1 Å². The molecule has 0 atom stereocenters. The quantitative estimate of drug-likeness (QED) is 0.755. The summed E-state index contributed by atoms with van der Waals surface area (Å²) in [5.41, 5.74) is 3.55. The van der Waals surface area contributed by atoms with Gasteiger partial charge in [-0.3, -0.25) is 4.79 Å². The lowest BCUT2D eigenvalue weighted by Gasteiger charge is -2.11. The molecule has 3 aromatic rings. The molecule has 0 saturated heterocycles. The zero-order chi connectivity index (χ0) is 16.5. The molecule has 3 aromatic carbocycles. The molecule has 0 fully saturated rings. The first-order chi connectivity index (χ1) is 11.7. The Kier molecular flexibility index (Phi) is 3.87. The number of benzene rings is 3. The Morgan fingerprint density at radius 3 is 2.54 bits per heavy atom. The molecule has 0 spiro atoms. The van der Waals surface area contributed by atoms with E-state index in [2.05, 4.69) is 23.5 Å². The van der Waals surface area contributed by atoms with Gasteiger partial charge in [0.1, 0.15) is 5.75 Å². The molecule has 0 aliphatic heterocycles. The van der Waals surface area contributed by atoms with Gasteiger partial charge in [0.05, 0.1) is 0 Å². The van der Waals surface area contributed by atoms with E-state index >= 15 is 0 Å². The average Bonchev–Trinajstić information content (AvgIpc) is 3.02. The Morgan fingerprint density at radius 2 is 1.75 bits per heavy atom. The smallest absolute Gasteiger partial charge is 0.262 e. The molecule has 120 valence electrons. The van der Waals surface area contributed by atoms with Crippen LogP contribution in [0.4, 0.5) is 5.69 Å². The molecule has 4 heteroatoms. The summed E-state index contributed by atoms with van der Waals surface area (Å²) in [6.07, 6.45) is 2.15. The second kappa shape index (κ2) is 6.17. The molecule has 4 rings (SSSR count). The maximum absolute atomic E-state index is 12.2. The molecule has 1 N–H and O–H groups in total. The second-order valence-electron chi connectivity index (χ2n) is 5.90. The molecule has 0 aromatic heterocycles. The molecule has 0 bridgehead atoms. The minimum absolute atomic E-state index is 0.0371. The minimum atomic E-state index is -0.177.